The topological polar surface area (TPSA) is 94.3 Å². The number of ether oxygens (including phenoxy) is 1. The molecule has 21 heavy (non-hydrogen) atoms. The second kappa shape index (κ2) is 6.42. The number of anilines is 1. The molecule has 0 spiro atoms. The van der Waals surface area contributed by atoms with Gasteiger partial charge in [-0.25, -0.2) is 18.1 Å². The molecule has 8 heteroatoms. The Morgan fingerprint density at radius 2 is 2.19 bits per heavy atom. The molecule has 2 rings (SSSR count). The second-order valence-electron chi connectivity index (χ2n) is 4.32. The van der Waals surface area contributed by atoms with Gasteiger partial charge in [-0.05, 0) is 32.0 Å². The van der Waals surface area contributed by atoms with Crippen molar-refractivity contribution in [2.45, 2.75) is 25.3 Å². The molecule has 0 aliphatic heterocycles. The first kappa shape index (κ1) is 15.7. The minimum atomic E-state index is -3.71. The summed E-state index contributed by atoms with van der Waals surface area (Å²) in [5.74, 6) is 0.286. The van der Waals surface area contributed by atoms with E-state index in [4.69, 9.17) is 10.5 Å². The number of sulfonamides is 1. The molecule has 0 atom stereocenters. The molecule has 1 aromatic carbocycles. The van der Waals surface area contributed by atoms with Gasteiger partial charge < -0.3 is 10.5 Å². The zero-order chi connectivity index (χ0) is 15.5. The lowest BCUT2D eigenvalue weighted by atomic mass is 10.3. The molecule has 3 N–H and O–H groups in total. The summed E-state index contributed by atoms with van der Waals surface area (Å²) in [4.78, 5) is 4.26. The van der Waals surface area contributed by atoms with E-state index in [1.165, 1.54) is 17.4 Å². The van der Waals surface area contributed by atoms with Crippen molar-refractivity contribution in [2.24, 2.45) is 0 Å². The highest BCUT2D eigenvalue weighted by Gasteiger charge is 2.20. The normalized spacial score (nSPS) is 11.5. The summed E-state index contributed by atoms with van der Waals surface area (Å²) >= 11 is 1.47. The quantitative estimate of drug-likeness (QED) is 0.790. The van der Waals surface area contributed by atoms with Gasteiger partial charge in [0.15, 0.2) is 0 Å². The maximum atomic E-state index is 12.4. The summed E-state index contributed by atoms with van der Waals surface area (Å²) in [6.45, 7) is 4.16. The van der Waals surface area contributed by atoms with E-state index in [1.54, 1.807) is 19.1 Å². The Morgan fingerprint density at radius 3 is 2.81 bits per heavy atom. The summed E-state index contributed by atoms with van der Waals surface area (Å²) in [7, 11) is -3.71. The molecule has 0 fully saturated rings. The molecule has 6 nitrogen and oxygen atoms in total. The Hall–Kier alpha value is -1.64. The van der Waals surface area contributed by atoms with E-state index >= 15 is 0 Å². The van der Waals surface area contributed by atoms with Crippen molar-refractivity contribution in [3.63, 3.8) is 0 Å². The lowest BCUT2D eigenvalue weighted by Crippen LogP contribution is -2.24. The lowest BCUT2D eigenvalue weighted by molar-refractivity contribution is 0.331. The number of nitrogen functional groups attached to an aromatic ring is 1. The van der Waals surface area contributed by atoms with Gasteiger partial charge in [0.1, 0.15) is 10.6 Å². The van der Waals surface area contributed by atoms with E-state index in [9.17, 15) is 8.42 Å². The van der Waals surface area contributed by atoms with Crippen molar-refractivity contribution >= 4 is 27.0 Å². The Kier molecular flexibility index (Phi) is 4.81. The predicted octanol–water partition coefficient (Wildman–Crippen LogP) is 1.91. The van der Waals surface area contributed by atoms with Crippen LogP contribution in [0.2, 0.25) is 0 Å². The van der Waals surface area contributed by atoms with Crippen LogP contribution in [-0.2, 0) is 16.6 Å². The molecular formula is C13H17N3O3S2. The molecular weight excluding hydrogens is 310 g/mol. The van der Waals surface area contributed by atoms with Gasteiger partial charge in [0.2, 0.25) is 10.0 Å². The number of thiazole rings is 1. The minimum absolute atomic E-state index is 0.0382. The smallest absolute Gasteiger partial charge is 0.244 e. The molecule has 0 bridgehead atoms. The van der Waals surface area contributed by atoms with Crippen LogP contribution in [0.1, 0.15) is 17.6 Å². The SMILES string of the molecule is CCOc1ccc(N)cc1S(=O)(=O)NCc1csc(C)n1. The highest BCUT2D eigenvalue weighted by Crippen LogP contribution is 2.26. The fourth-order valence-corrected chi connectivity index (χ4v) is 3.53. The molecule has 114 valence electrons. The number of nitrogens with one attached hydrogen (secondary N) is 1. The third-order valence-electron chi connectivity index (χ3n) is 2.67. The van der Waals surface area contributed by atoms with Crippen LogP contribution < -0.4 is 15.2 Å². The monoisotopic (exact) mass is 327 g/mol. The van der Waals surface area contributed by atoms with Crippen molar-refractivity contribution in [2.75, 3.05) is 12.3 Å². The van der Waals surface area contributed by atoms with Crippen LogP contribution in [-0.4, -0.2) is 20.0 Å². The van der Waals surface area contributed by atoms with Crippen LogP contribution >= 0.6 is 11.3 Å². The van der Waals surface area contributed by atoms with Gasteiger partial charge >= 0.3 is 0 Å². The highest BCUT2D eigenvalue weighted by atomic mass is 32.2. The fourth-order valence-electron chi connectivity index (χ4n) is 1.75. The molecule has 0 aliphatic rings. The number of aromatic nitrogens is 1. The first-order chi connectivity index (χ1) is 9.92. The maximum absolute atomic E-state index is 12.4. The van der Waals surface area contributed by atoms with Crippen molar-refractivity contribution in [1.82, 2.24) is 9.71 Å². The van der Waals surface area contributed by atoms with Crippen molar-refractivity contribution in [3.8, 4) is 5.75 Å². The van der Waals surface area contributed by atoms with Crippen LogP contribution in [0.15, 0.2) is 28.5 Å². The number of nitrogens with two attached hydrogens (primary N) is 1. The number of rotatable bonds is 6. The van der Waals surface area contributed by atoms with Gasteiger partial charge in [0.05, 0.1) is 23.9 Å². The zero-order valence-corrected chi connectivity index (χ0v) is 13.4. The summed E-state index contributed by atoms with van der Waals surface area (Å²) in [5, 5.41) is 2.71. The van der Waals surface area contributed by atoms with E-state index in [1.807, 2.05) is 12.3 Å². The largest absolute Gasteiger partial charge is 0.492 e. The number of hydrogen-bond donors (Lipinski definition) is 2. The van der Waals surface area contributed by atoms with Gasteiger partial charge in [-0.3, -0.25) is 0 Å². The van der Waals surface area contributed by atoms with Crippen LogP contribution in [0, 0.1) is 6.92 Å². The van der Waals surface area contributed by atoms with E-state index in [0.717, 1.165) is 5.01 Å². The Balaban J connectivity index is 2.24. The van der Waals surface area contributed by atoms with Gasteiger partial charge in [-0.15, -0.1) is 11.3 Å². The highest BCUT2D eigenvalue weighted by molar-refractivity contribution is 7.89. The van der Waals surface area contributed by atoms with Crippen molar-refractivity contribution < 1.29 is 13.2 Å². The Bertz CT molecular complexity index is 726. The maximum Gasteiger partial charge on any atom is 0.244 e. The van der Waals surface area contributed by atoms with Crippen molar-refractivity contribution in [3.05, 3.63) is 34.3 Å². The second-order valence-corrected chi connectivity index (χ2v) is 7.12. The number of hydrogen-bond acceptors (Lipinski definition) is 6. The first-order valence-electron chi connectivity index (χ1n) is 6.35. The minimum Gasteiger partial charge on any atom is -0.492 e. The van der Waals surface area contributed by atoms with Gasteiger partial charge in [0, 0.05) is 11.1 Å². The van der Waals surface area contributed by atoms with Crippen LogP contribution in [0.25, 0.3) is 0 Å². The molecule has 1 heterocycles. The molecule has 0 unspecified atom stereocenters. The van der Waals surface area contributed by atoms with Crippen LogP contribution in [0.4, 0.5) is 5.69 Å². The zero-order valence-electron chi connectivity index (χ0n) is 11.8. The van der Waals surface area contributed by atoms with Gasteiger partial charge in [-0.2, -0.15) is 0 Å². The van der Waals surface area contributed by atoms with E-state index in [0.29, 0.717) is 18.0 Å². The van der Waals surface area contributed by atoms with E-state index < -0.39 is 10.0 Å². The predicted molar refractivity (Wildman–Crippen MR) is 82.9 cm³/mol. The third-order valence-corrected chi connectivity index (χ3v) is 4.91. The summed E-state index contributed by atoms with van der Waals surface area (Å²) in [5.41, 5.74) is 6.72. The molecule has 0 amide bonds. The summed E-state index contributed by atoms with van der Waals surface area (Å²) < 4.78 is 32.6. The van der Waals surface area contributed by atoms with Crippen molar-refractivity contribution in [1.29, 1.82) is 0 Å². The molecule has 2 aromatic rings. The summed E-state index contributed by atoms with van der Waals surface area (Å²) in [6, 6.07) is 4.55. The average Bonchev–Trinajstić information content (AvgIpc) is 2.85. The van der Waals surface area contributed by atoms with E-state index in [2.05, 4.69) is 9.71 Å². The van der Waals surface area contributed by atoms with Crippen LogP contribution in [0.5, 0.6) is 5.75 Å². The molecule has 0 aliphatic carbocycles. The Morgan fingerprint density at radius 1 is 1.43 bits per heavy atom. The lowest BCUT2D eigenvalue weighted by Gasteiger charge is -2.12. The first-order valence-corrected chi connectivity index (χ1v) is 8.71. The molecule has 0 saturated heterocycles. The molecule has 1 aromatic heterocycles. The van der Waals surface area contributed by atoms with Gasteiger partial charge in [-0.1, -0.05) is 0 Å². The van der Waals surface area contributed by atoms with E-state index in [-0.39, 0.29) is 17.2 Å². The number of nitrogens with zero attached hydrogens (tertiary/aromatic N) is 1. The fraction of sp³-hybridized carbons (Fsp3) is 0.308. The summed E-state index contributed by atoms with van der Waals surface area (Å²) in [6.07, 6.45) is 0. The van der Waals surface area contributed by atoms with Crippen LogP contribution in [0.3, 0.4) is 0 Å². The average molecular weight is 327 g/mol. The van der Waals surface area contributed by atoms with Gasteiger partial charge in [0.25, 0.3) is 0 Å². The third kappa shape index (κ3) is 3.93. The standard InChI is InChI=1S/C13H17N3O3S2/c1-3-19-12-5-4-10(14)6-13(12)21(17,18)15-7-11-8-20-9(2)16-11/h4-6,8,15H,3,7,14H2,1-2H3. The molecule has 0 radical (unpaired) electrons. The molecule has 0 saturated carbocycles. The Labute approximate surface area is 128 Å². The number of benzene rings is 1. The number of aryl methyl sites for hydroxylation is 1.